The van der Waals surface area contributed by atoms with Crippen molar-refractivity contribution in [3.05, 3.63) is 41.1 Å². The largest absolute Gasteiger partial charge is 0.393 e. The maximum atomic E-state index is 15.1. The van der Waals surface area contributed by atoms with Crippen molar-refractivity contribution in [1.29, 1.82) is 0 Å². The molecule has 3 aromatic rings. The summed E-state index contributed by atoms with van der Waals surface area (Å²) in [6, 6.07) is -2.79. The molecule has 1 saturated carbocycles. The maximum absolute atomic E-state index is 15.1. The molecule has 4 heterocycles. The number of amides is 3. The number of fused-ring (bicyclic) bond motifs is 1. The van der Waals surface area contributed by atoms with Gasteiger partial charge in [0.05, 0.1) is 66.8 Å². The Labute approximate surface area is 247 Å². The van der Waals surface area contributed by atoms with E-state index in [0.717, 1.165) is 20.0 Å². The van der Waals surface area contributed by atoms with E-state index < -0.39 is 67.6 Å². The van der Waals surface area contributed by atoms with Gasteiger partial charge in [0.1, 0.15) is 5.69 Å². The van der Waals surface area contributed by atoms with Crippen LogP contribution in [0.15, 0.2) is 23.1 Å². The lowest BCUT2D eigenvalue weighted by atomic mass is 9.85. The van der Waals surface area contributed by atoms with Crippen molar-refractivity contribution in [3.8, 4) is 0 Å². The molecule has 3 aromatic heterocycles. The predicted octanol–water partition coefficient (Wildman–Crippen LogP) is 4.14. The number of halogens is 5. The van der Waals surface area contributed by atoms with Crippen LogP contribution in [-0.2, 0) is 4.74 Å². The van der Waals surface area contributed by atoms with Crippen LogP contribution in [0.1, 0.15) is 84.5 Å². The molecule has 2 atom stereocenters. The third-order valence-corrected chi connectivity index (χ3v) is 7.23. The van der Waals surface area contributed by atoms with Crippen LogP contribution in [0.25, 0.3) is 5.65 Å². The number of imidazole rings is 1. The van der Waals surface area contributed by atoms with E-state index in [1.165, 1.54) is 29.0 Å². The summed E-state index contributed by atoms with van der Waals surface area (Å²) in [5, 5.41) is 15.4. The number of aryl methyl sites for hydroxylation is 1. The molecule has 12 nitrogen and oxygen atoms in total. The molecule has 0 aromatic carbocycles. The van der Waals surface area contributed by atoms with Gasteiger partial charge in [-0.3, -0.25) is 4.79 Å². The molecule has 3 amide bonds. The van der Waals surface area contributed by atoms with Gasteiger partial charge in [-0.2, -0.15) is 18.3 Å². The number of nitrogens with zero attached hydrogens (tertiary/aromatic N) is 6. The predicted molar refractivity (Wildman–Crippen MR) is 138 cm³/mol. The van der Waals surface area contributed by atoms with Crippen molar-refractivity contribution >= 4 is 17.6 Å². The second kappa shape index (κ2) is 11.3. The van der Waals surface area contributed by atoms with Crippen LogP contribution < -0.4 is 10.6 Å². The topological polar surface area (TPSA) is 140 Å². The zero-order chi connectivity index (χ0) is 34.7. The maximum Gasteiger partial charge on any atom is 0.393 e. The molecule has 234 valence electrons. The highest BCUT2D eigenvalue weighted by Crippen LogP contribution is 2.42. The van der Waals surface area contributed by atoms with Gasteiger partial charge < -0.3 is 20.3 Å². The number of urea groups is 1. The van der Waals surface area contributed by atoms with E-state index in [4.69, 9.17) is 10.2 Å². The van der Waals surface area contributed by atoms with E-state index >= 15 is 8.78 Å². The average Bonchev–Trinajstić information content (AvgIpc) is 3.52. The van der Waals surface area contributed by atoms with Crippen molar-refractivity contribution < 1.29 is 46.4 Å². The molecular formula is C26H31F5N8O4. The third-order valence-electron chi connectivity index (χ3n) is 7.23. The normalized spacial score (nSPS) is 22.6. The van der Waals surface area contributed by atoms with E-state index in [9.17, 15) is 22.8 Å². The monoisotopic (exact) mass is 618 g/mol. The first-order chi connectivity index (χ1) is 21.7. The molecule has 5 rings (SSSR count). The van der Waals surface area contributed by atoms with Gasteiger partial charge in [0.15, 0.2) is 11.3 Å². The van der Waals surface area contributed by atoms with Gasteiger partial charge in [0, 0.05) is 5.56 Å². The quantitative estimate of drug-likeness (QED) is 0.306. The van der Waals surface area contributed by atoms with Crippen LogP contribution >= 0.6 is 0 Å². The molecule has 0 bridgehead atoms. The molecule has 17 heteroatoms. The van der Waals surface area contributed by atoms with Crippen LogP contribution in [0.4, 0.5) is 26.7 Å². The fraction of sp³-hybridized carbons (Fsp3) is 0.615. The Morgan fingerprint density at radius 1 is 1.33 bits per heavy atom. The van der Waals surface area contributed by atoms with Gasteiger partial charge in [-0.15, -0.1) is 0 Å². The summed E-state index contributed by atoms with van der Waals surface area (Å²) in [5.74, 6) is -5.49. The van der Waals surface area contributed by atoms with Crippen LogP contribution in [0, 0.1) is 12.3 Å². The van der Waals surface area contributed by atoms with Crippen LogP contribution in [-0.4, -0.2) is 79.6 Å². The van der Waals surface area contributed by atoms with E-state index in [1.807, 2.05) is 0 Å². The van der Waals surface area contributed by atoms with Gasteiger partial charge in [0.2, 0.25) is 0 Å². The van der Waals surface area contributed by atoms with Gasteiger partial charge in [-0.1, -0.05) is 19.0 Å². The summed E-state index contributed by atoms with van der Waals surface area (Å²) in [7, 11) is 0. The van der Waals surface area contributed by atoms with Crippen LogP contribution in [0.2, 0.25) is 0 Å². The lowest BCUT2D eigenvalue weighted by molar-refractivity contribution is -0.214. The molecule has 0 radical (unpaired) electrons. The number of nitrogens with one attached hydrogen (secondary N) is 2. The first kappa shape index (κ1) is 25.6. The Hall–Kier alpha value is -3.89. The SMILES string of the molecule is [2H]C1([2H])NC(=O)N(C(COC2CC2)c2cnn3cc(C(CCC(C)(C)C(F)(F)F)NC(=O)c4nonc4C)nc3c2)C([2H])([2H])C1(F)F. The highest BCUT2D eigenvalue weighted by atomic mass is 19.4. The minimum atomic E-state index is -4.70. The number of carbonyl (C=O) groups excluding carboxylic acids is 2. The molecule has 2 aliphatic rings. The Bertz CT molecular complexity index is 1660. The van der Waals surface area contributed by atoms with E-state index in [1.54, 1.807) is 0 Å². The van der Waals surface area contributed by atoms with Gasteiger partial charge in [-0.05, 0) is 43.8 Å². The van der Waals surface area contributed by atoms with Crippen molar-refractivity contribution in [1.82, 2.24) is 40.4 Å². The van der Waals surface area contributed by atoms with E-state index in [-0.39, 0.29) is 45.7 Å². The zero-order valence-corrected chi connectivity index (χ0v) is 23.2. The minimum absolute atomic E-state index is 0.00401. The molecule has 1 saturated heterocycles. The van der Waals surface area contributed by atoms with Gasteiger partial charge in [0.25, 0.3) is 11.8 Å². The Balaban J connectivity index is 1.51. The van der Waals surface area contributed by atoms with Crippen molar-refractivity contribution in [3.63, 3.8) is 0 Å². The summed E-state index contributed by atoms with van der Waals surface area (Å²) in [5.41, 5.74) is -2.10. The number of hydrogen-bond donors (Lipinski definition) is 2. The highest BCUT2D eigenvalue weighted by molar-refractivity contribution is 5.93. The number of rotatable bonds is 11. The zero-order valence-electron chi connectivity index (χ0n) is 27.2. The van der Waals surface area contributed by atoms with E-state index in [0.29, 0.717) is 12.8 Å². The number of carbonyl (C=O) groups is 2. The molecule has 2 N–H and O–H groups in total. The fourth-order valence-corrected chi connectivity index (χ4v) is 4.29. The smallest absolute Gasteiger partial charge is 0.376 e. The lowest BCUT2D eigenvalue weighted by Gasteiger charge is -2.38. The molecule has 2 unspecified atom stereocenters. The number of ether oxygens (including phenoxy) is 1. The number of aromatic nitrogens is 5. The fourth-order valence-electron chi connectivity index (χ4n) is 4.29. The number of hydrogen-bond acceptors (Lipinski definition) is 8. The van der Waals surface area contributed by atoms with Crippen LogP contribution in [0.3, 0.4) is 0 Å². The first-order valence-corrected chi connectivity index (χ1v) is 13.3. The lowest BCUT2D eigenvalue weighted by Crippen LogP contribution is -2.58. The summed E-state index contributed by atoms with van der Waals surface area (Å²) in [6.07, 6.45) is -1.65. The highest BCUT2D eigenvalue weighted by Gasteiger charge is 2.47. The Kier molecular flexibility index (Phi) is 6.73. The summed E-state index contributed by atoms with van der Waals surface area (Å²) < 4.78 is 114. The number of alkyl halides is 5. The van der Waals surface area contributed by atoms with Crippen molar-refractivity contribution in [2.45, 2.75) is 76.7 Å². The molecule has 0 spiro atoms. The molecule has 43 heavy (non-hydrogen) atoms. The standard InChI is InChI=1S/C26H31F5N8O4/c1-14-21(37-43-36-14)22(40)35-17(6-7-24(2,3)26(29,30)31)18-10-39-20(34-18)8-15(9-33-39)19(11-42-16-4-5-16)38-13-25(27,28)12-32-23(38)41/h8-10,16-17,19H,4-7,11-13H2,1-3H3,(H,32,41)(H,35,40)/i12D2,13D2. The van der Waals surface area contributed by atoms with Crippen molar-refractivity contribution in [2.24, 2.45) is 5.41 Å². The molecule has 1 aliphatic carbocycles. The first-order valence-electron chi connectivity index (χ1n) is 15.3. The van der Waals surface area contributed by atoms with Gasteiger partial charge >= 0.3 is 12.2 Å². The molecule has 2 fully saturated rings. The second-order valence-electron chi connectivity index (χ2n) is 11.1. The van der Waals surface area contributed by atoms with Crippen molar-refractivity contribution in [2.75, 3.05) is 19.6 Å². The van der Waals surface area contributed by atoms with Gasteiger partial charge in [-0.25, -0.2) is 27.7 Å². The average molecular weight is 619 g/mol. The summed E-state index contributed by atoms with van der Waals surface area (Å²) in [4.78, 5) is 30.5. The Morgan fingerprint density at radius 3 is 2.72 bits per heavy atom. The third kappa shape index (κ3) is 6.86. The summed E-state index contributed by atoms with van der Waals surface area (Å²) in [6.45, 7) is -4.49. The molecule has 1 aliphatic heterocycles. The van der Waals surface area contributed by atoms with Crippen LogP contribution in [0.5, 0.6) is 0 Å². The minimum Gasteiger partial charge on any atom is -0.376 e. The second-order valence-corrected chi connectivity index (χ2v) is 11.1. The van der Waals surface area contributed by atoms with E-state index in [2.05, 4.69) is 30.3 Å². The summed E-state index contributed by atoms with van der Waals surface area (Å²) >= 11 is 0. The molecular weight excluding hydrogens is 583 g/mol. The Morgan fingerprint density at radius 2 is 2.07 bits per heavy atom.